The Bertz CT molecular complexity index is 521. The molecule has 0 atom stereocenters. The van der Waals surface area contributed by atoms with E-state index in [1.165, 1.54) is 6.92 Å². The zero-order valence-electron chi connectivity index (χ0n) is 10.9. The summed E-state index contributed by atoms with van der Waals surface area (Å²) in [5.74, 6) is -2.40. The van der Waals surface area contributed by atoms with E-state index in [1.54, 1.807) is 0 Å². The van der Waals surface area contributed by atoms with Crippen LogP contribution in [0, 0.1) is 19.1 Å². The van der Waals surface area contributed by atoms with Gasteiger partial charge in [-0.3, -0.25) is 4.99 Å². The molecule has 116 valence electrons. The molecule has 0 fully saturated rings. The highest BCUT2D eigenvalue weighted by Gasteiger charge is 2.35. The molecule has 0 unspecified atom stereocenters. The number of hydrogen-bond acceptors (Lipinski definition) is 2. The summed E-state index contributed by atoms with van der Waals surface area (Å²) in [5.41, 5.74) is 0.222. The fraction of sp³-hybridized carbons (Fsp3) is 0.417. The average molecular weight is 328 g/mol. The van der Waals surface area contributed by atoms with E-state index < -0.39 is 23.9 Å². The second kappa shape index (κ2) is 6.47. The van der Waals surface area contributed by atoms with E-state index in [0.29, 0.717) is 17.3 Å². The molecule has 0 aromatic heterocycles. The molecule has 0 aliphatic heterocycles. The van der Waals surface area contributed by atoms with Crippen molar-refractivity contribution in [3.05, 3.63) is 23.8 Å². The molecule has 0 aliphatic carbocycles. The Kier molecular flexibility index (Phi) is 5.39. The average Bonchev–Trinajstić information content (AvgIpc) is 2.33. The van der Waals surface area contributed by atoms with Crippen LogP contribution in [0.15, 0.2) is 16.0 Å². The standard InChI is InChI=1S/C12H10F6N2S/c1-7-3-4-8(20-10(19-2)12(16,17)18)5-9(7)21-6-11(13,14)15/h5H,6H2,1-2H3,(H,19,20). The van der Waals surface area contributed by atoms with Crippen LogP contribution < -0.4 is 5.32 Å². The van der Waals surface area contributed by atoms with E-state index in [0.717, 1.165) is 13.1 Å². The van der Waals surface area contributed by atoms with Crippen molar-refractivity contribution in [1.82, 2.24) is 0 Å². The fourth-order valence-corrected chi connectivity index (χ4v) is 2.04. The van der Waals surface area contributed by atoms with Gasteiger partial charge in [-0.1, -0.05) is 6.07 Å². The molecule has 1 rings (SSSR count). The summed E-state index contributed by atoms with van der Waals surface area (Å²) in [5, 5.41) is 1.98. The van der Waals surface area contributed by atoms with E-state index in [1.807, 2.05) is 5.32 Å². The Morgan fingerprint density at radius 3 is 2.33 bits per heavy atom. The van der Waals surface area contributed by atoms with Crippen molar-refractivity contribution in [1.29, 1.82) is 0 Å². The van der Waals surface area contributed by atoms with Gasteiger partial charge in [0, 0.05) is 17.5 Å². The topological polar surface area (TPSA) is 24.4 Å². The first kappa shape index (κ1) is 17.5. The van der Waals surface area contributed by atoms with E-state index in [4.69, 9.17) is 0 Å². The largest absolute Gasteiger partial charge is 0.449 e. The van der Waals surface area contributed by atoms with Gasteiger partial charge in [-0.25, -0.2) is 0 Å². The Morgan fingerprint density at radius 1 is 1.24 bits per heavy atom. The van der Waals surface area contributed by atoms with Crippen LogP contribution in [0.1, 0.15) is 5.56 Å². The van der Waals surface area contributed by atoms with E-state index in [-0.39, 0.29) is 10.6 Å². The molecule has 0 aliphatic rings. The van der Waals surface area contributed by atoms with Gasteiger partial charge in [0.15, 0.2) is 0 Å². The minimum Gasteiger partial charge on any atom is -0.329 e. The smallest absolute Gasteiger partial charge is 0.329 e. The number of anilines is 1. The highest BCUT2D eigenvalue weighted by Crippen LogP contribution is 2.30. The minimum absolute atomic E-state index is 0.150. The second-order valence-corrected chi connectivity index (χ2v) is 4.91. The Balaban J connectivity index is 2.91. The lowest BCUT2D eigenvalue weighted by atomic mass is 10.2. The Labute approximate surface area is 121 Å². The molecule has 0 saturated carbocycles. The summed E-state index contributed by atoms with van der Waals surface area (Å²) >= 11 is 0.473. The van der Waals surface area contributed by atoms with Gasteiger partial charge in [-0.2, -0.15) is 26.3 Å². The molecule has 0 saturated heterocycles. The number of hydrogen-bond donors (Lipinski definition) is 1. The summed E-state index contributed by atoms with van der Waals surface area (Å²) in [6, 6.07) is 6.04. The quantitative estimate of drug-likeness (QED) is 0.388. The van der Waals surface area contributed by atoms with Crippen LogP contribution in [-0.4, -0.2) is 31.0 Å². The van der Waals surface area contributed by atoms with E-state index >= 15 is 0 Å². The second-order valence-electron chi connectivity index (χ2n) is 3.90. The lowest BCUT2D eigenvalue weighted by Gasteiger charge is -2.12. The van der Waals surface area contributed by atoms with Crippen LogP contribution in [-0.2, 0) is 0 Å². The maximum Gasteiger partial charge on any atom is 0.449 e. The van der Waals surface area contributed by atoms with Crippen molar-refractivity contribution in [3.63, 3.8) is 0 Å². The van der Waals surface area contributed by atoms with Crippen molar-refractivity contribution in [2.45, 2.75) is 24.2 Å². The first-order valence-electron chi connectivity index (χ1n) is 5.48. The number of alkyl halides is 6. The van der Waals surface area contributed by atoms with Crippen LogP contribution in [0.25, 0.3) is 0 Å². The van der Waals surface area contributed by atoms with Crippen LogP contribution in [0.4, 0.5) is 32.0 Å². The predicted octanol–water partition coefficient (Wildman–Crippen LogP) is 4.25. The lowest BCUT2D eigenvalue weighted by Crippen LogP contribution is -2.30. The predicted molar refractivity (Wildman–Crippen MR) is 68.7 cm³/mol. The van der Waals surface area contributed by atoms with Gasteiger partial charge < -0.3 is 5.32 Å². The summed E-state index contributed by atoms with van der Waals surface area (Å²) in [6.07, 6.45) is -9.06. The molecular weight excluding hydrogens is 318 g/mol. The number of amidine groups is 1. The fourth-order valence-electron chi connectivity index (χ4n) is 1.26. The summed E-state index contributed by atoms with van der Waals surface area (Å²) in [7, 11) is 0.951. The molecule has 0 radical (unpaired) electrons. The molecule has 0 amide bonds. The molecule has 0 bridgehead atoms. The van der Waals surface area contributed by atoms with Gasteiger partial charge in [0.2, 0.25) is 5.84 Å². The summed E-state index contributed by atoms with van der Waals surface area (Å²) in [4.78, 5) is 3.22. The van der Waals surface area contributed by atoms with Crippen molar-refractivity contribution in [2.24, 2.45) is 4.99 Å². The van der Waals surface area contributed by atoms with Crippen molar-refractivity contribution in [2.75, 3.05) is 18.1 Å². The van der Waals surface area contributed by atoms with Crippen LogP contribution >= 0.6 is 11.8 Å². The maximum absolute atomic E-state index is 12.5. The minimum atomic E-state index is -4.69. The molecule has 0 heterocycles. The van der Waals surface area contributed by atoms with Crippen LogP contribution in [0.3, 0.4) is 0 Å². The third kappa shape index (κ3) is 5.75. The van der Waals surface area contributed by atoms with Gasteiger partial charge >= 0.3 is 12.4 Å². The van der Waals surface area contributed by atoms with Gasteiger partial charge in [0.1, 0.15) is 0 Å². The highest BCUT2D eigenvalue weighted by atomic mass is 32.2. The molecular formula is C12H10F6N2S. The third-order valence-corrected chi connectivity index (χ3v) is 3.37. The van der Waals surface area contributed by atoms with E-state index in [2.05, 4.69) is 17.1 Å². The van der Waals surface area contributed by atoms with Gasteiger partial charge in [0.05, 0.1) is 11.4 Å². The maximum atomic E-state index is 12.5. The number of nitrogens with one attached hydrogen (secondary N) is 1. The zero-order chi connectivity index (χ0) is 16.3. The molecule has 2 nitrogen and oxygen atoms in total. The lowest BCUT2D eigenvalue weighted by molar-refractivity contribution is -0.105. The molecule has 9 heteroatoms. The van der Waals surface area contributed by atoms with Gasteiger partial charge in [-0.05, 0) is 19.1 Å². The molecule has 1 aromatic rings. The van der Waals surface area contributed by atoms with Crippen LogP contribution in [0.2, 0.25) is 0 Å². The number of thioether (sulfide) groups is 1. The Morgan fingerprint density at radius 2 is 1.86 bits per heavy atom. The SMILES string of the molecule is CN=C(Nc1c#cc(C)c(SCC(F)(F)F)c1)C(F)(F)F. The number of aliphatic imine (C=N–C) groups is 1. The van der Waals surface area contributed by atoms with Crippen molar-refractivity contribution < 1.29 is 26.3 Å². The number of halogens is 6. The monoisotopic (exact) mass is 328 g/mol. The van der Waals surface area contributed by atoms with Crippen molar-refractivity contribution >= 4 is 23.3 Å². The molecule has 21 heavy (non-hydrogen) atoms. The molecule has 1 aromatic carbocycles. The van der Waals surface area contributed by atoms with E-state index in [9.17, 15) is 26.3 Å². The van der Waals surface area contributed by atoms with Gasteiger partial charge in [-0.15, -0.1) is 11.8 Å². The first-order valence-corrected chi connectivity index (χ1v) is 6.46. The zero-order valence-corrected chi connectivity index (χ0v) is 11.7. The number of nitrogens with zero attached hydrogens (tertiary/aromatic N) is 1. The highest BCUT2D eigenvalue weighted by molar-refractivity contribution is 7.99. The first-order chi connectivity index (χ1) is 9.53. The Hall–Kier alpha value is -1.56. The summed E-state index contributed by atoms with van der Waals surface area (Å²) in [6.45, 7) is 1.50. The molecule has 0 spiro atoms. The van der Waals surface area contributed by atoms with Gasteiger partial charge in [0.25, 0.3) is 0 Å². The number of rotatable bonds is 3. The molecule has 1 N–H and O–H groups in total. The third-order valence-electron chi connectivity index (χ3n) is 2.17. The van der Waals surface area contributed by atoms with Crippen LogP contribution in [0.5, 0.6) is 0 Å². The normalized spacial score (nSPS) is 13.0. The summed E-state index contributed by atoms with van der Waals surface area (Å²) < 4.78 is 74.1. The van der Waals surface area contributed by atoms with Crippen molar-refractivity contribution in [3.8, 4) is 0 Å².